The predicted octanol–water partition coefficient (Wildman–Crippen LogP) is 2.99. The highest BCUT2D eigenvalue weighted by Gasteiger charge is 2.26. The van der Waals surface area contributed by atoms with Crippen LogP contribution >= 0.6 is 34.4 Å². The summed E-state index contributed by atoms with van der Waals surface area (Å²) in [5.74, 6) is 0.576. The first-order chi connectivity index (χ1) is 9.22. The third-order valence-corrected chi connectivity index (χ3v) is 5.42. The molecule has 1 aliphatic rings. The average Bonchev–Trinajstić information content (AvgIpc) is 2.92. The Morgan fingerprint density at radius 1 is 1.53 bits per heavy atom. The minimum absolute atomic E-state index is 0.0445. The molecule has 0 aliphatic heterocycles. The van der Waals surface area contributed by atoms with Crippen molar-refractivity contribution in [3.63, 3.8) is 0 Å². The first kappa shape index (κ1) is 13.0. The molecule has 1 saturated carbocycles. The smallest absolute Gasteiger partial charge is 0.239 e. The number of thiazole rings is 1. The molecule has 8 heteroatoms. The van der Waals surface area contributed by atoms with Crippen molar-refractivity contribution in [3.05, 3.63) is 16.6 Å². The summed E-state index contributed by atoms with van der Waals surface area (Å²) in [6.45, 7) is 1.86. The van der Waals surface area contributed by atoms with Crippen LogP contribution in [0.3, 0.4) is 0 Å². The fourth-order valence-corrected chi connectivity index (χ4v) is 3.96. The minimum Gasteiger partial charge on any atom is -0.301 e. The van der Waals surface area contributed by atoms with E-state index in [1.165, 1.54) is 47.3 Å². The number of nitrogens with one attached hydrogen (secondary N) is 1. The van der Waals surface area contributed by atoms with Gasteiger partial charge in [0.2, 0.25) is 5.91 Å². The average molecular weight is 312 g/mol. The zero-order valence-corrected chi connectivity index (χ0v) is 12.6. The first-order valence-electron chi connectivity index (χ1n) is 5.91. The summed E-state index contributed by atoms with van der Waals surface area (Å²) in [4.78, 5) is 16.5. The standard InChI is InChI=1S/C11H12N4OS3/c1-6(19-11-15-12-5-18-11)9(16)14-10-13-8(4-17-10)7-2-3-7/h4-7H,2-3H2,1H3,(H,13,14,16). The van der Waals surface area contributed by atoms with E-state index in [1.54, 1.807) is 5.51 Å². The molecule has 0 saturated heterocycles. The highest BCUT2D eigenvalue weighted by molar-refractivity contribution is 8.02. The number of hydrogen-bond acceptors (Lipinski definition) is 7. The molecule has 1 amide bonds. The molecule has 1 unspecified atom stereocenters. The molecule has 3 rings (SSSR count). The molecule has 0 bridgehead atoms. The lowest BCUT2D eigenvalue weighted by Gasteiger charge is -2.07. The van der Waals surface area contributed by atoms with Crippen molar-refractivity contribution in [2.75, 3.05) is 5.32 Å². The van der Waals surface area contributed by atoms with Gasteiger partial charge in [-0.1, -0.05) is 23.1 Å². The van der Waals surface area contributed by atoms with Crippen LogP contribution in [-0.2, 0) is 4.79 Å². The van der Waals surface area contributed by atoms with Gasteiger partial charge in [0.15, 0.2) is 9.47 Å². The van der Waals surface area contributed by atoms with Gasteiger partial charge >= 0.3 is 0 Å². The molecule has 1 atom stereocenters. The molecule has 2 heterocycles. The van der Waals surface area contributed by atoms with E-state index in [4.69, 9.17) is 0 Å². The van der Waals surface area contributed by atoms with Crippen LogP contribution in [0.15, 0.2) is 15.2 Å². The van der Waals surface area contributed by atoms with Gasteiger partial charge in [-0.3, -0.25) is 4.79 Å². The van der Waals surface area contributed by atoms with Gasteiger partial charge in [-0.2, -0.15) is 0 Å². The summed E-state index contributed by atoms with van der Waals surface area (Å²) >= 11 is 4.35. The second-order valence-electron chi connectivity index (χ2n) is 4.31. The van der Waals surface area contributed by atoms with E-state index in [1.807, 2.05) is 12.3 Å². The number of amides is 1. The summed E-state index contributed by atoms with van der Waals surface area (Å²) in [6.07, 6.45) is 2.45. The molecule has 1 aliphatic carbocycles. The number of hydrogen-bond donors (Lipinski definition) is 1. The van der Waals surface area contributed by atoms with Crippen LogP contribution < -0.4 is 5.32 Å². The lowest BCUT2D eigenvalue weighted by atomic mass is 10.3. The number of aromatic nitrogens is 3. The first-order valence-corrected chi connectivity index (χ1v) is 8.55. The van der Waals surface area contributed by atoms with Gasteiger partial charge < -0.3 is 5.32 Å². The Balaban J connectivity index is 1.57. The zero-order valence-electron chi connectivity index (χ0n) is 10.2. The molecule has 0 radical (unpaired) electrons. The molecule has 5 nitrogen and oxygen atoms in total. The number of nitrogens with zero attached hydrogens (tertiary/aromatic N) is 3. The topological polar surface area (TPSA) is 67.8 Å². The van der Waals surface area contributed by atoms with E-state index in [0.29, 0.717) is 11.0 Å². The van der Waals surface area contributed by atoms with E-state index in [0.717, 1.165) is 10.0 Å². The van der Waals surface area contributed by atoms with Crippen molar-refractivity contribution < 1.29 is 4.79 Å². The maximum Gasteiger partial charge on any atom is 0.239 e. The highest BCUT2D eigenvalue weighted by Crippen LogP contribution is 2.40. The Kier molecular flexibility index (Phi) is 3.81. The number of carbonyl (C=O) groups is 1. The normalized spacial score (nSPS) is 16.3. The second kappa shape index (κ2) is 5.56. The van der Waals surface area contributed by atoms with Crippen LogP contribution in [0.1, 0.15) is 31.4 Å². The molecule has 1 fully saturated rings. The molecule has 2 aromatic rings. The van der Waals surface area contributed by atoms with Gasteiger partial charge in [0.05, 0.1) is 10.9 Å². The molecule has 0 spiro atoms. The minimum atomic E-state index is -0.207. The Morgan fingerprint density at radius 3 is 3.05 bits per heavy atom. The van der Waals surface area contributed by atoms with Crippen LogP contribution in [0.2, 0.25) is 0 Å². The Morgan fingerprint density at radius 2 is 2.37 bits per heavy atom. The van der Waals surface area contributed by atoms with Gasteiger partial charge in [-0.15, -0.1) is 21.5 Å². The van der Waals surface area contributed by atoms with Crippen LogP contribution in [-0.4, -0.2) is 26.3 Å². The molecule has 0 aromatic carbocycles. The van der Waals surface area contributed by atoms with Crippen molar-refractivity contribution in [2.24, 2.45) is 0 Å². The highest BCUT2D eigenvalue weighted by atomic mass is 32.2. The number of carbonyl (C=O) groups excluding carboxylic acids is 1. The van der Waals surface area contributed by atoms with Gasteiger partial charge in [-0.25, -0.2) is 4.98 Å². The quantitative estimate of drug-likeness (QED) is 0.860. The maximum absolute atomic E-state index is 12.0. The second-order valence-corrected chi connectivity index (χ2v) is 7.59. The zero-order chi connectivity index (χ0) is 13.2. The van der Waals surface area contributed by atoms with Crippen LogP contribution in [0, 0.1) is 0 Å². The monoisotopic (exact) mass is 312 g/mol. The van der Waals surface area contributed by atoms with Gasteiger partial charge in [0, 0.05) is 11.3 Å². The fourth-order valence-electron chi connectivity index (χ4n) is 1.54. The van der Waals surface area contributed by atoms with E-state index in [-0.39, 0.29) is 11.2 Å². The Bertz CT molecular complexity index is 564. The van der Waals surface area contributed by atoms with Gasteiger partial charge in [0.1, 0.15) is 5.51 Å². The third kappa shape index (κ3) is 3.31. The summed E-state index contributed by atoms with van der Waals surface area (Å²) in [7, 11) is 0. The SMILES string of the molecule is CC(Sc1nncs1)C(=O)Nc1nc(C2CC2)cs1. The van der Waals surface area contributed by atoms with E-state index in [2.05, 4.69) is 20.5 Å². The summed E-state index contributed by atoms with van der Waals surface area (Å²) in [5.41, 5.74) is 2.78. The van der Waals surface area contributed by atoms with Crippen molar-refractivity contribution in [3.8, 4) is 0 Å². The Labute approximate surface area is 122 Å². The molecular formula is C11H12N4OS3. The van der Waals surface area contributed by atoms with E-state index >= 15 is 0 Å². The van der Waals surface area contributed by atoms with Crippen molar-refractivity contribution in [1.29, 1.82) is 0 Å². The summed E-state index contributed by atoms with van der Waals surface area (Å²) < 4.78 is 0.806. The lowest BCUT2D eigenvalue weighted by Crippen LogP contribution is -2.22. The van der Waals surface area contributed by atoms with Crippen LogP contribution in [0.5, 0.6) is 0 Å². The third-order valence-electron chi connectivity index (χ3n) is 2.73. The molecule has 19 heavy (non-hydrogen) atoms. The molecule has 100 valence electrons. The van der Waals surface area contributed by atoms with Gasteiger partial charge in [0.25, 0.3) is 0 Å². The largest absolute Gasteiger partial charge is 0.301 e. The van der Waals surface area contributed by atoms with Crippen molar-refractivity contribution in [1.82, 2.24) is 15.2 Å². The predicted molar refractivity (Wildman–Crippen MR) is 77.9 cm³/mol. The number of rotatable bonds is 5. The van der Waals surface area contributed by atoms with E-state index < -0.39 is 0 Å². The molecule has 1 N–H and O–H groups in total. The lowest BCUT2D eigenvalue weighted by molar-refractivity contribution is -0.115. The maximum atomic E-state index is 12.0. The summed E-state index contributed by atoms with van der Waals surface area (Å²) in [5, 5.41) is 13.1. The van der Waals surface area contributed by atoms with Crippen LogP contribution in [0.4, 0.5) is 5.13 Å². The van der Waals surface area contributed by atoms with E-state index in [9.17, 15) is 4.79 Å². The molecule has 2 aromatic heterocycles. The van der Waals surface area contributed by atoms with Crippen molar-refractivity contribution >= 4 is 45.5 Å². The molecular weight excluding hydrogens is 300 g/mol. The number of anilines is 1. The van der Waals surface area contributed by atoms with Gasteiger partial charge in [-0.05, 0) is 19.8 Å². The van der Waals surface area contributed by atoms with Crippen molar-refractivity contribution in [2.45, 2.75) is 35.3 Å². The fraction of sp³-hybridized carbons (Fsp3) is 0.455. The van der Waals surface area contributed by atoms with Crippen LogP contribution in [0.25, 0.3) is 0 Å². The number of thioether (sulfide) groups is 1. The summed E-state index contributed by atoms with van der Waals surface area (Å²) in [6, 6.07) is 0. The Hall–Kier alpha value is -0.990.